The van der Waals surface area contributed by atoms with Gasteiger partial charge in [0.1, 0.15) is 17.7 Å². The van der Waals surface area contributed by atoms with E-state index in [2.05, 4.69) is 16.6 Å². The van der Waals surface area contributed by atoms with Gasteiger partial charge < -0.3 is 20.3 Å². The molecular weight excluding hydrogens is 454 g/mol. The second-order valence-electron chi connectivity index (χ2n) is 11.2. The number of hydrogen-bond donors (Lipinski definition) is 2. The van der Waals surface area contributed by atoms with Crippen molar-refractivity contribution in [3.8, 4) is 12.3 Å². The van der Waals surface area contributed by atoms with Crippen LogP contribution in [-0.2, 0) is 14.3 Å². The molecule has 0 aliphatic heterocycles. The first-order chi connectivity index (χ1) is 16.7. The molecule has 0 heterocycles. The molecule has 0 aromatic heterocycles. The Labute approximate surface area is 217 Å². The minimum absolute atomic E-state index is 0.207. The molecule has 200 valence electrons. The maximum absolute atomic E-state index is 14.3. The maximum Gasteiger partial charge on any atom is 0.408 e. The highest BCUT2D eigenvalue weighted by Crippen LogP contribution is 2.32. The number of nitrogens with one attached hydrogen (secondary N) is 2. The summed E-state index contributed by atoms with van der Waals surface area (Å²) in [6.45, 7) is 17.3. The van der Waals surface area contributed by atoms with Crippen molar-refractivity contribution in [1.82, 2.24) is 15.5 Å². The van der Waals surface area contributed by atoms with Gasteiger partial charge in [-0.2, -0.15) is 0 Å². The smallest absolute Gasteiger partial charge is 0.408 e. The minimum atomic E-state index is -0.978. The first-order valence-corrected chi connectivity index (χ1v) is 12.8. The molecule has 0 aliphatic carbocycles. The van der Waals surface area contributed by atoms with E-state index < -0.39 is 29.3 Å². The third-order valence-corrected chi connectivity index (χ3v) is 5.86. The topological polar surface area (TPSA) is 87.7 Å². The van der Waals surface area contributed by atoms with Gasteiger partial charge in [-0.1, -0.05) is 57.7 Å². The highest BCUT2D eigenvalue weighted by molar-refractivity contribution is 5.93. The third-order valence-electron chi connectivity index (χ3n) is 5.86. The molecule has 1 aromatic rings. The molecule has 36 heavy (non-hydrogen) atoms. The molecule has 2 N–H and O–H groups in total. The van der Waals surface area contributed by atoms with Crippen LogP contribution in [0, 0.1) is 18.3 Å². The highest BCUT2D eigenvalue weighted by atomic mass is 16.6. The van der Waals surface area contributed by atoms with Crippen molar-refractivity contribution in [1.29, 1.82) is 0 Å². The number of amides is 3. The van der Waals surface area contributed by atoms with E-state index in [4.69, 9.17) is 11.2 Å². The largest absolute Gasteiger partial charge is 0.444 e. The molecule has 3 amide bonds. The number of rotatable bonds is 10. The predicted octanol–water partition coefficient (Wildman–Crippen LogP) is 5.19. The lowest BCUT2D eigenvalue weighted by molar-refractivity contribution is -0.149. The molecule has 1 aromatic carbocycles. The normalized spacial score (nSPS) is 14.1. The molecule has 0 saturated carbocycles. The Bertz CT molecular complexity index is 937. The minimum Gasteiger partial charge on any atom is -0.444 e. The lowest BCUT2D eigenvalue weighted by atomic mass is 9.90. The van der Waals surface area contributed by atoms with Crippen LogP contribution in [0.3, 0.4) is 0 Å². The van der Waals surface area contributed by atoms with Crippen molar-refractivity contribution in [3.05, 3.63) is 35.4 Å². The summed E-state index contributed by atoms with van der Waals surface area (Å²) in [5.74, 6) is 1.77. The zero-order valence-electron chi connectivity index (χ0n) is 23.5. The van der Waals surface area contributed by atoms with E-state index in [0.717, 1.165) is 12.8 Å². The summed E-state index contributed by atoms with van der Waals surface area (Å²) < 4.78 is 5.45. The van der Waals surface area contributed by atoms with Crippen molar-refractivity contribution in [2.24, 2.45) is 5.92 Å². The second-order valence-corrected chi connectivity index (χ2v) is 11.2. The van der Waals surface area contributed by atoms with E-state index in [1.807, 2.05) is 41.5 Å². The third kappa shape index (κ3) is 8.89. The number of nitrogens with zero attached hydrogens (tertiary/aromatic N) is 1. The first-order valence-electron chi connectivity index (χ1n) is 12.8. The van der Waals surface area contributed by atoms with Crippen LogP contribution in [0.1, 0.15) is 98.7 Å². The summed E-state index contributed by atoms with van der Waals surface area (Å²) in [7, 11) is 0. The van der Waals surface area contributed by atoms with Crippen LogP contribution in [0.4, 0.5) is 4.79 Å². The fourth-order valence-electron chi connectivity index (χ4n) is 3.86. The van der Waals surface area contributed by atoms with Crippen LogP contribution in [0.15, 0.2) is 24.3 Å². The highest BCUT2D eigenvalue weighted by Gasteiger charge is 2.43. The van der Waals surface area contributed by atoms with E-state index >= 15 is 0 Å². The lowest BCUT2D eigenvalue weighted by Gasteiger charge is -2.44. The SMILES string of the molecule is C#Cc1ccccc1C(C(=O)NCCCC)N(C(=O)C(NC(=O)OC(C)(C)C)C(C)CC)C(C)(C)C. The van der Waals surface area contributed by atoms with Crippen LogP contribution in [-0.4, -0.2) is 46.5 Å². The average Bonchev–Trinajstić information content (AvgIpc) is 2.78. The molecule has 0 saturated heterocycles. The number of hydrogen-bond acceptors (Lipinski definition) is 4. The Hall–Kier alpha value is -3.01. The van der Waals surface area contributed by atoms with Crippen LogP contribution in [0.5, 0.6) is 0 Å². The van der Waals surface area contributed by atoms with Gasteiger partial charge in [0.05, 0.1) is 0 Å². The first kappa shape index (κ1) is 31.0. The molecule has 0 spiro atoms. The Balaban J connectivity index is 3.64. The summed E-state index contributed by atoms with van der Waals surface area (Å²) in [4.78, 5) is 42.2. The van der Waals surface area contributed by atoms with E-state index in [0.29, 0.717) is 24.1 Å². The second kappa shape index (κ2) is 13.3. The average molecular weight is 500 g/mol. The number of ether oxygens (including phenoxy) is 1. The Kier molecular flexibility index (Phi) is 11.5. The van der Waals surface area contributed by atoms with E-state index in [1.165, 1.54) is 0 Å². The van der Waals surface area contributed by atoms with Gasteiger partial charge in [-0.3, -0.25) is 9.59 Å². The van der Waals surface area contributed by atoms with Crippen LogP contribution in [0.2, 0.25) is 0 Å². The summed E-state index contributed by atoms with van der Waals surface area (Å²) >= 11 is 0. The molecule has 0 bridgehead atoms. The van der Waals surface area contributed by atoms with Gasteiger partial charge in [0.25, 0.3) is 0 Å². The fraction of sp³-hybridized carbons (Fsp3) is 0.621. The number of carbonyl (C=O) groups is 3. The van der Waals surface area contributed by atoms with Crippen molar-refractivity contribution < 1.29 is 19.1 Å². The van der Waals surface area contributed by atoms with Gasteiger partial charge in [-0.15, -0.1) is 6.42 Å². The molecule has 7 nitrogen and oxygen atoms in total. The summed E-state index contributed by atoms with van der Waals surface area (Å²) in [5, 5.41) is 5.76. The standard InChI is InChI=1S/C29H45N3O4/c1-11-14-19-30-25(33)24(22-18-16-15-17-21(22)13-3)32(28(5,6)7)26(34)23(20(4)12-2)31-27(35)36-29(8,9)10/h3,15-18,20,23-24H,11-12,14,19H2,1-2,4-10H3,(H,30,33)(H,31,35). The van der Waals surface area contributed by atoms with Crippen molar-refractivity contribution in [2.45, 2.75) is 105 Å². The van der Waals surface area contributed by atoms with Gasteiger partial charge in [-0.25, -0.2) is 4.79 Å². The zero-order valence-corrected chi connectivity index (χ0v) is 23.5. The Morgan fingerprint density at radius 1 is 1.08 bits per heavy atom. The number of carbonyl (C=O) groups excluding carboxylic acids is 3. The summed E-state index contributed by atoms with van der Waals surface area (Å²) in [6.07, 6.45) is 7.48. The molecular formula is C29H45N3O4. The van der Waals surface area contributed by atoms with E-state index in [9.17, 15) is 14.4 Å². The predicted molar refractivity (Wildman–Crippen MR) is 144 cm³/mol. The van der Waals surface area contributed by atoms with Crippen LogP contribution >= 0.6 is 0 Å². The van der Waals surface area contributed by atoms with Crippen molar-refractivity contribution in [3.63, 3.8) is 0 Å². The van der Waals surface area contributed by atoms with E-state index in [1.54, 1.807) is 49.9 Å². The van der Waals surface area contributed by atoms with Gasteiger partial charge in [0.2, 0.25) is 11.8 Å². The molecule has 0 fully saturated rings. The zero-order chi connectivity index (χ0) is 27.7. The quantitative estimate of drug-likeness (QED) is 0.342. The molecule has 3 unspecified atom stereocenters. The number of terminal acetylenes is 1. The van der Waals surface area contributed by atoms with Gasteiger partial charge in [0.15, 0.2) is 0 Å². The number of alkyl carbamates (subject to hydrolysis) is 1. The summed E-state index contributed by atoms with van der Waals surface area (Å²) in [6, 6.07) is 5.28. The van der Waals surface area contributed by atoms with Gasteiger partial charge in [0, 0.05) is 17.6 Å². The number of benzene rings is 1. The number of unbranched alkanes of at least 4 members (excludes halogenated alkanes) is 1. The fourth-order valence-corrected chi connectivity index (χ4v) is 3.86. The van der Waals surface area contributed by atoms with E-state index in [-0.39, 0.29) is 17.7 Å². The molecule has 1 rings (SSSR count). The molecule has 3 atom stereocenters. The Morgan fingerprint density at radius 2 is 1.69 bits per heavy atom. The molecule has 0 aliphatic rings. The van der Waals surface area contributed by atoms with Crippen molar-refractivity contribution >= 4 is 17.9 Å². The summed E-state index contributed by atoms with van der Waals surface area (Å²) in [5.41, 5.74) is -0.384. The van der Waals surface area contributed by atoms with Crippen molar-refractivity contribution in [2.75, 3.05) is 6.54 Å². The Morgan fingerprint density at radius 3 is 2.19 bits per heavy atom. The van der Waals surface area contributed by atoms with Crippen LogP contribution in [0.25, 0.3) is 0 Å². The lowest BCUT2D eigenvalue weighted by Crippen LogP contribution is -2.60. The molecule has 7 heteroatoms. The van der Waals surface area contributed by atoms with Gasteiger partial charge >= 0.3 is 6.09 Å². The van der Waals surface area contributed by atoms with Crippen LogP contribution < -0.4 is 10.6 Å². The maximum atomic E-state index is 14.3. The molecule has 0 radical (unpaired) electrons. The van der Waals surface area contributed by atoms with Gasteiger partial charge in [-0.05, 0) is 65.5 Å². The monoisotopic (exact) mass is 499 g/mol.